The first kappa shape index (κ1) is 15.2. The fourth-order valence-corrected chi connectivity index (χ4v) is 0.977. The zero-order chi connectivity index (χ0) is 13.1. The van der Waals surface area contributed by atoms with Crippen LogP contribution in [0.25, 0.3) is 0 Å². The van der Waals surface area contributed by atoms with Gasteiger partial charge in [-0.2, -0.15) is 0 Å². The van der Waals surface area contributed by atoms with E-state index in [9.17, 15) is 9.59 Å². The van der Waals surface area contributed by atoms with Gasteiger partial charge in [-0.3, -0.25) is 9.59 Å². The summed E-state index contributed by atoms with van der Waals surface area (Å²) in [5.74, 6) is -1.43. The number of hydrogen-bond acceptors (Lipinski definition) is 3. The summed E-state index contributed by atoms with van der Waals surface area (Å²) in [7, 11) is 0. The minimum absolute atomic E-state index is 0.0385. The van der Waals surface area contributed by atoms with Crippen molar-refractivity contribution in [2.75, 3.05) is 6.61 Å². The van der Waals surface area contributed by atoms with Gasteiger partial charge in [0.1, 0.15) is 0 Å². The van der Waals surface area contributed by atoms with Crippen LogP contribution in [-0.2, 0) is 14.3 Å². The van der Waals surface area contributed by atoms with E-state index in [0.717, 1.165) is 0 Å². The molecule has 0 radical (unpaired) electrons. The topological polar surface area (TPSA) is 63.6 Å². The van der Waals surface area contributed by atoms with Crippen molar-refractivity contribution in [3.8, 4) is 0 Å². The Balaban J connectivity index is 0.000000318. The van der Waals surface area contributed by atoms with Crippen LogP contribution in [-0.4, -0.2) is 23.7 Å². The van der Waals surface area contributed by atoms with Crippen LogP contribution in [0.4, 0.5) is 0 Å². The van der Waals surface area contributed by atoms with Gasteiger partial charge in [0, 0.05) is 0 Å². The number of carboxylic acids is 1. The van der Waals surface area contributed by atoms with Gasteiger partial charge in [-0.05, 0) is 13.8 Å². The lowest BCUT2D eigenvalue weighted by molar-refractivity contribution is -0.147. The van der Waals surface area contributed by atoms with E-state index in [1.165, 1.54) is 5.56 Å². The fraction of sp³-hybridized carbons (Fsp3) is 0.385. The maximum Gasteiger partial charge on any atom is 0.306 e. The highest BCUT2D eigenvalue weighted by Crippen LogP contribution is 1.92. The van der Waals surface area contributed by atoms with Gasteiger partial charge >= 0.3 is 11.9 Å². The first-order valence-corrected chi connectivity index (χ1v) is 5.45. The molecular formula is C13H18O4. The third kappa shape index (κ3) is 10.4. The number of benzene rings is 1. The summed E-state index contributed by atoms with van der Waals surface area (Å²) >= 11 is 0. The molecule has 0 atom stereocenters. The minimum Gasteiger partial charge on any atom is -0.481 e. The standard InChI is InChI=1S/C7H8.C6H10O4/c1-7-5-3-2-4-6-7;1-2-10-6(9)4-3-5(7)8/h2-6H,1H3;2-4H2,1H3,(H,7,8). The third-order valence-electron chi connectivity index (χ3n) is 1.79. The van der Waals surface area contributed by atoms with Gasteiger partial charge in [0.25, 0.3) is 0 Å². The Kier molecular flexibility index (Phi) is 8.37. The number of carbonyl (C=O) groups excluding carboxylic acids is 1. The van der Waals surface area contributed by atoms with Gasteiger partial charge < -0.3 is 9.84 Å². The molecule has 4 heteroatoms. The largest absolute Gasteiger partial charge is 0.481 e. The quantitative estimate of drug-likeness (QED) is 0.818. The highest BCUT2D eigenvalue weighted by Gasteiger charge is 2.04. The van der Waals surface area contributed by atoms with Gasteiger partial charge in [0.15, 0.2) is 0 Å². The highest BCUT2D eigenvalue weighted by molar-refractivity contribution is 5.76. The molecule has 0 spiro atoms. The van der Waals surface area contributed by atoms with Crippen molar-refractivity contribution >= 4 is 11.9 Å². The molecule has 0 aliphatic rings. The van der Waals surface area contributed by atoms with Crippen LogP contribution in [0.15, 0.2) is 30.3 Å². The molecule has 0 saturated heterocycles. The molecule has 0 aliphatic carbocycles. The molecule has 0 aromatic heterocycles. The molecule has 1 aromatic rings. The van der Waals surface area contributed by atoms with Crippen LogP contribution in [0, 0.1) is 6.92 Å². The lowest BCUT2D eigenvalue weighted by Crippen LogP contribution is -2.06. The SMILES string of the molecule is CCOC(=O)CCC(=O)O.Cc1ccccc1. The smallest absolute Gasteiger partial charge is 0.306 e. The Hall–Kier alpha value is -1.84. The van der Waals surface area contributed by atoms with E-state index in [1.807, 2.05) is 18.2 Å². The van der Waals surface area contributed by atoms with Gasteiger partial charge in [-0.15, -0.1) is 0 Å². The molecule has 0 amide bonds. The molecular weight excluding hydrogens is 220 g/mol. The van der Waals surface area contributed by atoms with E-state index in [1.54, 1.807) is 6.92 Å². The summed E-state index contributed by atoms with van der Waals surface area (Å²) in [5.41, 5.74) is 1.32. The van der Waals surface area contributed by atoms with E-state index in [4.69, 9.17) is 5.11 Å². The van der Waals surface area contributed by atoms with Crippen LogP contribution in [0.2, 0.25) is 0 Å². The summed E-state index contributed by atoms with van der Waals surface area (Å²) in [6.07, 6.45) is -0.192. The Morgan fingerprint density at radius 3 is 2.12 bits per heavy atom. The third-order valence-corrected chi connectivity index (χ3v) is 1.79. The van der Waals surface area contributed by atoms with Crippen LogP contribution in [0.1, 0.15) is 25.3 Å². The van der Waals surface area contributed by atoms with Crippen LogP contribution < -0.4 is 0 Å². The predicted octanol–water partition coefficient (Wildman–Crippen LogP) is 2.41. The van der Waals surface area contributed by atoms with Crippen molar-refractivity contribution in [2.24, 2.45) is 0 Å². The Bertz CT molecular complexity index is 333. The first-order chi connectivity index (χ1) is 8.06. The predicted molar refractivity (Wildman–Crippen MR) is 64.7 cm³/mol. The fourth-order valence-electron chi connectivity index (χ4n) is 0.977. The zero-order valence-electron chi connectivity index (χ0n) is 10.2. The van der Waals surface area contributed by atoms with E-state index in [2.05, 4.69) is 23.8 Å². The van der Waals surface area contributed by atoms with Gasteiger partial charge in [0.05, 0.1) is 19.4 Å². The molecule has 0 fully saturated rings. The summed E-state index contributed by atoms with van der Waals surface area (Å²) in [5, 5.41) is 8.12. The van der Waals surface area contributed by atoms with E-state index < -0.39 is 11.9 Å². The molecule has 0 saturated carbocycles. The first-order valence-electron chi connectivity index (χ1n) is 5.45. The van der Waals surface area contributed by atoms with Crippen LogP contribution in [0.3, 0.4) is 0 Å². The number of carboxylic acid groups (broad SMARTS) is 1. The summed E-state index contributed by atoms with van der Waals surface area (Å²) in [6.45, 7) is 4.07. The normalized spacial score (nSPS) is 8.82. The average Bonchev–Trinajstić information content (AvgIpc) is 2.29. The van der Waals surface area contributed by atoms with E-state index in [-0.39, 0.29) is 12.8 Å². The number of aliphatic carboxylic acids is 1. The summed E-state index contributed by atoms with van der Waals surface area (Å²) in [4.78, 5) is 20.4. The number of aryl methyl sites for hydroxylation is 1. The Morgan fingerprint density at radius 2 is 1.76 bits per heavy atom. The van der Waals surface area contributed by atoms with Gasteiger partial charge in [0.2, 0.25) is 0 Å². The van der Waals surface area contributed by atoms with Crippen molar-refractivity contribution in [2.45, 2.75) is 26.7 Å². The van der Waals surface area contributed by atoms with Crippen molar-refractivity contribution in [3.05, 3.63) is 35.9 Å². The van der Waals surface area contributed by atoms with Crippen LogP contribution in [0.5, 0.6) is 0 Å². The zero-order valence-corrected chi connectivity index (χ0v) is 10.2. The highest BCUT2D eigenvalue weighted by atomic mass is 16.5. The molecule has 1 rings (SSSR count). The molecule has 94 valence electrons. The number of ether oxygens (including phenoxy) is 1. The molecule has 0 bridgehead atoms. The van der Waals surface area contributed by atoms with Crippen molar-refractivity contribution in [1.29, 1.82) is 0 Å². The molecule has 0 heterocycles. The number of rotatable bonds is 4. The van der Waals surface area contributed by atoms with Gasteiger partial charge in [-0.25, -0.2) is 0 Å². The second-order valence-corrected chi connectivity index (χ2v) is 3.35. The lowest BCUT2D eigenvalue weighted by Gasteiger charge is -1.97. The van der Waals surface area contributed by atoms with Crippen molar-refractivity contribution in [3.63, 3.8) is 0 Å². The lowest BCUT2D eigenvalue weighted by atomic mass is 10.2. The molecule has 1 aromatic carbocycles. The number of esters is 1. The number of hydrogen-bond donors (Lipinski definition) is 1. The monoisotopic (exact) mass is 238 g/mol. The van der Waals surface area contributed by atoms with E-state index in [0.29, 0.717) is 6.61 Å². The van der Waals surface area contributed by atoms with Crippen LogP contribution >= 0.6 is 0 Å². The number of carbonyl (C=O) groups is 2. The second-order valence-electron chi connectivity index (χ2n) is 3.35. The molecule has 1 N–H and O–H groups in total. The van der Waals surface area contributed by atoms with Crippen molar-refractivity contribution < 1.29 is 19.4 Å². The Labute approximate surface area is 101 Å². The van der Waals surface area contributed by atoms with Gasteiger partial charge in [-0.1, -0.05) is 35.9 Å². The molecule has 17 heavy (non-hydrogen) atoms. The maximum absolute atomic E-state index is 10.5. The van der Waals surface area contributed by atoms with Crippen molar-refractivity contribution in [1.82, 2.24) is 0 Å². The summed E-state index contributed by atoms with van der Waals surface area (Å²) in [6, 6.07) is 10.3. The minimum atomic E-state index is -0.979. The molecule has 0 aliphatic heterocycles. The average molecular weight is 238 g/mol. The summed E-state index contributed by atoms with van der Waals surface area (Å²) < 4.78 is 4.49. The maximum atomic E-state index is 10.5. The Morgan fingerprint density at radius 1 is 1.18 bits per heavy atom. The second kappa shape index (κ2) is 9.39. The molecule has 4 nitrogen and oxygen atoms in total. The van der Waals surface area contributed by atoms with E-state index >= 15 is 0 Å². The molecule has 0 unspecified atom stereocenters.